The van der Waals surface area contributed by atoms with Gasteiger partial charge in [-0.2, -0.15) is 0 Å². The Balaban J connectivity index is 1.80. The Bertz CT molecular complexity index is 813. The molecule has 0 radical (unpaired) electrons. The van der Waals surface area contributed by atoms with E-state index >= 15 is 0 Å². The van der Waals surface area contributed by atoms with E-state index in [0.717, 1.165) is 5.69 Å². The summed E-state index contributed by atoms with van der Waals surface area (Å²) < 4.78 is 0. The maximum Gasteiger partial charge on any atom is 0.271 e. The summed E-state index contributed by atoms with van der Waals surface area (Å²) in [6.07, 6.45) is 1.70. The number of nitrogens with zero attached hydrogens (tertiary/aromatic N) is 4. The Kier molecular flexibility index (Phi) is 3.19. The average Bonchev–Trinajstić information content (AvgIpc) is 2.87. The molecule has 0 fully saturated rings. The minimum absolute atomic E-state index is 0.0316. The van der Waals surface area contributed by atoms with Gasteiger partial charge in [0.25, 0.3) is 5.69 Å². The quantitative estimate of drug-likeness (QED) is 0.561. The Morgan fingerprint density at radius 2 is 2.19 bits per heavy atom. The van der Waals surface area contributed by atoms with E-state index in [0.29, 0.717) is 29.4 Å². The molecule has 1 aromatic carbocycles. The van der Waals surface area contributed by atoms with Gasteiger partial charge in [-0.3, -0.25) is 10.1 Å². The first-order valence-electron chi connectivity index (χ1n) is 6.28. The number of non-ortho nitro benzene ring substituents is 1. The van der Waals surface area contributed by atoms with Gasteiger partial charge < -0.3 is 10.3 Å². The summed E-state index contributed by atoms with van der Waals surface area (Å²) in [6.45, 7) is 2.31. The molecule has 0 bridgehead atoms. The van der Waals surface area contributed by atoms with Crippen molar-refractivity contribution in [2.75, 3.05) is 5.32 Å². The van der Waals surface area contributed by atoms with Crippen LogP contribution in [0.4, 0.5) is 11.6 Å². The Morgan fingerprint density at radius 3 is 2.95 bits per heavy atom. The zero-order valence-electron chi connectivity index (χ0n) is 11.2. The molecule has 3 rings (SSSR count). The second-order valence-electron chi connectivity index (χ2n) is 4.49. The van der Waals surface area contributed by atoms with Gasteiger partial charge in [-0.1, -0.05) is 0 Å². The number of hydrogen-bond acceptors (Lipinski definition) is 6. The van der Waals surface area contributed by atoms with Gasteiger partial charge in [0.2, 0.25) is 5.95 Å². The molecule has 0 spiro atoms. The van der Waals surface area contributed by atoms with Gasteiger partial charge in [0.1, 0.15) is 5.82 Å². The molecule has 8 heteroatoms. The van der Waals surface area contributed by atoms with Gasteiger partial charge in [-0.05, 0) is 19.1 Å². The molecule has 0 saturated heterocycles. The summed E-state index contributed by atoms with van der Waals surface area (Å²) in [4.78, 5) is 25.9. The molecule has 2 aromatic heterocycles. The van der Waals surface area contributed by atoms with Crippen LogP contribution in [0.2, 0.25) is 0 Å². The van der Waals surface area contributed by atoms with Crippen molar-refractivity contribution >= 4 is 22.7 Å². The maximum absolute atomic E-state index is 10.7. The van der Waals surface area contributed by atoms with Crippen LogP contribution >= 0.6 is 0 Å². The normalized spacial score (nSPS) is 10.7. The van der Waals surface area contributed by atoms with Gasteiger partial charge in [-0.15, -0.1) is 0 Å². The van der Waals surface area contributed by atoms with Gasteiger partial charge >= 0.3 is 0 Å². The molecule has 0 saturated carbocycles. The third-order valence-corrected chi connectivity index (χ3v) is 2.95. The van der Waals surface area contributed by atoms with Crippen molar-refractivity contribution in [2.24, 2.45) is 0 Å². The lowest BCUT2D eigenvalue weighted by molar-refractivity contribution is -0.384. The number of aryl methyl sites for hydroxylation is 1. The molecule has 0 unspecified atom stereocenters. The molecular formula is C13H12N6O2. The number of rotatable bonds is 4. The molecule has 3 aromatic rings. The summed E-state index contributed by atoms with van der Waals surface area (Å²) in [7, 11) is 0. The highest BCUT2D eigenvalue weighted by Gasteiger charge is 2.09. The molecule has 8 nitrogen and oxygen atoms in total. The number of H-pyrrole nitrogens is 1. The van der Waals surface area contributed by atoms with Crippen LogP contribution in [-0.2, 0) is 6.54 Å². The van der Waals surface area contributed by atoms with E-state index in [1.807, 2.05) is 13.0 Å². The molecule has 0 atom stereocenters. The molecule has 2 heterocycles. The molecule has 2 N–H and O–H groups in total. The molecular weight excluding hydrogens is 272 g/mol. The van der Waals surface area contributed by atoms with E-state index in [9.17, 15) is 10.1 Å². The fourth-order valence-corrected chi connectivity index (χ4v) is 1.97. The smallest absolute Gasteiger partial charge is 0.271 e. The largest absolute Gasteiger partial charge is 0.350 e. The van der Waals surface area contributed by atoms with Crippen LogP contribution in [0.3, 0.4) is 0 Å². The van der Waals surface area contributed by atoms with Gasteiger partial charge in [0.05, 0.1) is 28.2 Å². The lowest BCUT2D eigenvalue weighted by atomic mass is 10.3. The Labute approximate surface area is 119 Å². The predicted molar refractivity (Wildman–Crippen MR) is 76.8 cm³/mol. The highest BCUT2D eigenvalue weighted by Crippen LogP contribution is 2.20. The number of nitrogens with one attached hydrogen (secondary N) is 2. The third kappa shape index (κ3) is 2.78. The number of imidazole rings is 1. The van der Waals surface area contributed by atoms with E-state index in [1.54, 1.807) is 12.3 Å². The summed E-state index contributed by atoms with van der Waals surface area (Å²) in [5.41, 5.74) is 2.16. The van der Waals surface area contributed by atoms with Crippen LogP contribution in [-0.4, -0.2) is 24.9 Å². The minimum atomic E-state index is -0.433. The number of nitro benzene ring substituents is 1. The monoisotopic (exact) mass is 284 g/mol. The number of fused-ring (bicyclic) bond motifs is 1. The Morgan fingerprint density at radius 1 is 1.33 bits per heavy atom. The van der Waals surface area contributed by atoms with E-state index in [1.165, 1.54) is 12.1 Å². The number of nitro groups is 1. The molecule has 106 valence electrons. The minimum Gasteiger partial charge on any atom is -0.350 e. The summed E-state index contributed by atoms with van der Waals surface area (Å²) in [6, 6.07) is 6.32. The fraction of sp³-hybridized carbons (Fsp3) is 0.154. The maximum atomic E-state index is 10.7. The van der Waals surface area contributed by atoms with E-state index < -0.39 is 4.92 Å². The van der Waals surface area contributed by atoms with E-state index in [-0.39, 0.29) is 5.69 Å². The first-order valence-corrected chi connectivity index (χ1v) is 6.28. The third-order valence-electron chi connectivity index (χ3n) is 2.95. The zero-order valence-corrected chi connectivity index (χ0v) is 11.2. The van der Waals surface area contributed by atoms with E-state index in [2.05, 4.69) is 25.3 Å². The van der Waals surface area contributed by atoms with Crippen molar-refractivity contribution < 1.29 is 4.92 Å². The average molecular weight is 284 g/mol. The van der Waals surface area contributed by atoms with Crippen molar-refractivity contribution in [3.8, 4) is 0 Å². The van der Waals surface area contributed by atoms with Crippen LogP contribution in [0, 0.1) is 17.0 Å². The highest BCUT2D eigenvalue weighted by atomic mass is 16.6. The highest BCUT2D eigenvalue weighted by molar-refractivity contribution is 5.79. The SMILES string of the molecule is Cc1nccc(CNc2nc3ccc([N+](=O)[O-])cc3[nH]2)n1. The summed E-state index contributed by atoms with van der Waals surface area (Å²) >= 11 is 0. The molecule has 0 aliphatic heterocycles. The van der Waals surface area contributed by atoms with Crippen molar-refractivity contribution in [2.45, 2.75) is 13.5 Å². The molecule has 21 heavy (non-hydrogen) atoms. The van der Waals surface area contributed by atoms with Crippen molar-refractivity contribution in [1.82, 2.24) is 19.9 Å². The lowest BCUT2D eigenvalue weighted by Gasteiger charge is -2.02. The fourth-order valence-electron chi connectivity index (χ4n) is 1.97. The number of hydrogen-bond donors (Lipinski definition) is 2. The van der Waals surface area contributed by atoms with Crippen molar-refractivity contribution in [1.29, 1.82) is 0 Å². The number of aromatic nitrogens is 4. The lowest BCUT2D eigenvalue weighted by Crippen LogP contribution is -2.04. The van der Waals surface area contributed by atoms with Crippen molar-refractivity contribution in [3.05, 3.63) is 52.1 Å². The van der Waals surface area contributed by atoms with Crippen LogP contribution in [0.5, 0.6) is 0 Å². The summed E-state index contributed by atoms with van der Waals surface area (Å²) in [5, 5.41) is 13.8. The van der Waals surface area contributed by atoms with Crippen LogP contribution < -0.4 is 5.32 Å². The predicted octanol–water partition coefficient (Wildman–Crippen LogP) is 2.18. The van der Waals surface area contributed by atoms with Gasteiger partial charge in [-0.25, -0.2) is 15.0 Å². The second-order valence-corrected chi connectivity index (χ2v) is 4.49. The number of anilines is 1. The Hall–Kier alpha value is -3.03. The molecule has 0 aliphatic carbocycles. The molecule has 0 aliphatic rings. The van der Waals surface area contributed by atoms with Gasteiger partial charge in [0, 0.05) is 18.3 Å². The number of aromatic amines is 1. The number of benzene rings is 1. The van der Waals surface area contributed by atoms with E-state index in [4.69, 9.17) is 0 Å². The topological polar surface area (TPSA) is 110 Å². The van der Waals surface area contributed by atoms with Crippen molar-refractivity contribution in [3.63, 3.8) is 0 Å². The van der Waals surface area contributed by atoms with Crippen LogP contribution in [0.25, 0.3) is 11.0 Å². The zero-order chi connectivity index (χ0) is 14.8. The van der Waals surface area contributed by atoms with Crippen LogP contribution in [0.1, 0.15) is 11.5 Å². The van der Waals surface area contributed by atoms with Gasteiger partial charge in [0.15, 0.2) is 0 Å². The first kappa shape index (κ1) is 13.0. The van der Waals surface area contributed by atoms with Crippen LogP contribution in [0.15, 0.2) is 30.5 Å². The standard InChI is InChI=1S/C13H12N6O2/c1-8-14-5-4-9(16-8)7-15-13-17-11-3-2-10(19(20)21)6-12(11)18-13/h2-6H,7H2,1H3,(H2,15,17,18). The first-order chi connectivity index (χ1) is 10.1. The molecule has 0 amide bonds. The summed E-state index contributed by atoms with van der Waals surface area (Å²) in [5.74, 6) is 1.25. The second kappa shape index (κ2) is 5.16.